The van der Waals surface area contributed by atoms with Crippen LogP contribution in [0.25, 0.3) is 0 Å². The van der Waals surface area contributed by atoms with E-state index >= 15 is 0 Å². The number of amides is 3. The summed E-state index contributed by atoms with van der Waals surface area (Å²) in [5, 5.41) is 6.19. The van der Waals surface area contributed by atoms with E-state index in [1.807, 2.05) is 4.90 Å². The Bertz CT molecular complexity index is 399. The van der Waals surface area contributed by atoms with Crippen molar-refractivity contribution in [3.8, 4) is 0 Å². The van der Waals surface area contributed by atoms with Gasteiger partial charge in [0.1, 0.15) is 5.71 Å². The third kappa shape index (κ3) is 3.06. The lowest BCUT2D eigenvalue weighted by molar-refractivity contribution is -0.130. The van der Waals surface area contributed by atoms with E-state index in [4.69, 9.17) is 0 Å². The first-order chi connectivity index (χ1) is 8.66. The van der Waals surface area contributed by atoms with Gasteiger partial charge in [-0.3, -0.25) is 14.4 Å². The Hall–Kier alpha value is -1.92. The number of carbonyl (C=O) groups is 3. The fraction of sp³-hybridized carbons (Fsp3) is 0.636. The molecular formula is C11H16N4O3. The number of hydrogen-bond donors (Lipinski definition) is 2. The van der Waals surface area contributed by atoms with E-state index < -0.39 is 0 Å². The average Bonchev–Trinajstić information content (AvgIpc) is 2.99. The fourth-order valence-corrected chi connectivity index (χ4v) is 2.00. The van der Waals surface area contributed by atoms with E-state index in [1.54, 1.807) is 0 Å². The number of nitrogens with one attached hydrogen (secondary N) is 2. The molecule has 0 atom stereocenters. The maximum atomic E-state index is 11.7. The third-order valence-corrected chi connectivity index (χ3v) is 2.99. The first kappa shape index (κ1) is 12.5. The van der Waals surface area contributed by atoms with Crippen molar-refractivity contribution in [3.05, 3.63) is 0 Å². The monoisotopic (exact) mass is 252 g/mol. The van der Waals surface area contributed by atoms with Crippen LogP contribution in [0.5, 0.6) is 0 Å². The number of hydrazone groups is 1. The molecule has 0 aromatic rings. The van der Waals surface area contributed by atoms with Gasteiger partial charge in [0.25, 0.3) is 5.91 Å². The molecule has 7 nitrogen and oxygen atoms in total. The van der Waals surface area contributed by atoms with E-state index in [-0.39, 0.29) is 36.4 Å². The van der Waals surface area contributed by atoms with Crippen LogP contribution >= 0.6 is 0 Å². The molecule has 0 spiro atoms. The van der Waals surface area contributed by atoms with Crippen LogP contribution in [0.1, 0.15) is 25.7 Å². The summed E-state index contributed by atoms with van der Waals surface area (Å²) in [6.07, 6.45) is 2.41. The first-order valence-corrected chi connectivity index (χ1v) is 6.08. The fourth-order valence-electron chi connectivity index (χ4n) is 2.00. The lowest BCUT2D eigenvalue weighted by atomic mass is 10.2. The van der Waals surface area contributed by atoms with Crippen molar-refractivity contribution in [2.24, 2.45) is 5.10 Å². The van der Waals surface area contributed by atoms with E-state index in [0.717, 1.165) is 25.9 Å². The zero-order valence-electron chi connectivity index (χ0n) is 10.1. The molecule has 2 heterocycles. The van der Waals surface area contributed by atoms with Gasteiger partial charge in [0.05, 0.1) is 6.42 Å². The second-order valence-electron chi connectivity index (χ2n) is 4.36. The van der Waals surface area contributed by atoms with E-state index in [9.17, 15) is 14.4 Å². The zero-order chi connectivity index (χ0) is 13.0. The molecule has 0 saturated carbocycles. The van der Waals surface area contributed by atoms with Gasteiger partial charge >= 0.3 is 0 Å². The van der Waals surface area contributed by atoms with Gasteiger partial charge in [-0.2, -0.15) is 5.10 Å². The van der Waals surface area contributed by atoms with Crippen LogP contribution in [0.4, 0.5) is 0 Å². The Morgan fingerprint density at radius 2 is 2.06 bits per heavy atom. The molecule has 1 fully saturated rings. The number of likely N-dealkylation sites (tertiary alicyclic amines) is 1. The number of nitrogens with zero attached hydrogens (tertiary/aromatic N) is 2. The van der Waals surface area contributed by atoms with Crippen molar-refractivity contribution in [2.75, 3.05) is 19.6 Å². The van der Waals surface area contributed by atoms with Gasteiger partial charge in [-0.05, 0) is 12.8 Å². The number of rotatable bonds is 4. The summed E-state index contributed by atoms with van der Waals surface area (Å²) < 4.78 is 0. The molecule has 0 aromatic carbocycles. The van der Waals surface area contributed by atoms with Crippen molar-refractivity contribution in [1.82, 2.24) is 15.6 Å². The van der Waals surface area contributed by atoms with Crippen LogP contribution in [-0.4, -0.2) is 48.0 Å². The molecule has 7 heteroatoms. The van der Waals surface area contributed by atoms with E-state index in [1.165, 1.54) is 0 Å². The predicted octanol–water partition coefficient (Wildman–Crippen LogP) is -1.01. The summed E-state index contributed by atoms with van der Waals surface area (Å²) in [5.41, 5.74) is 2.38. The molecule has 2 N–H and O–H groups in total. The van der Waals surface area contributed by atoms with Gasteiger partial charge in [-0.15, -0.1) is 0 Å². The topological polar surface area (TPSA) is 90.9 Å². The third-order valence-electron chi connectivity index (χ3n) is 2.99. The summed E-state index contributed by atoms with van der Waals surface area (Å²) >= 11 is 0. The molecule has 3 amide bonds. The van der Waals surface area contributed by atoms with Gasteiger partial charge < -0.3 is 10.2 Å². The van der Waals surface area contributed by atoms with Crippen LogP contribution in [-0.2, 0) is 14.4 Å². The standard InChI is InChI=1S/C11H16N4O3/c16-9-7-8(13-14-9)11(18)12-4-3-10(17)15-5-1-2-6-15/h1-7H2,(H,12,18)(H,14,16). The van der Waals surface area contributed by atoms with Crippen LogP contribution < -0.4 is 10.7 Å². The second-order valence-corrected chi connectivity index (χ2v) is 4.36. The number of hydrogen-bond acceptors (Lipinski definition) is 4. The van der Waals surface area contributed by atoms with Gasteiger partial charge in [0.2, 0.25) is 11.8 Å². The smallest absolute Gasteiger partial charge is 0.268 e. The van der Waals surface area contributed by atoms with Crippen molar-refractivity contribution in [2.45, 2.75) is 25.7 Å². The van der Waals surface area contributed by atoms with Crippen molar-refractivity contribution >= 4 is 23.4 Å². The molecule has 0 bridgehead atoms. The maximum absolute atomic E-state index is 11.7. The molecule has 0 unspecified atom stereocenters. The molecular weight excluding hydrogens is 236 g/mol. The van der Waals surface area contributed by atoms with Crippen LogP contribution in [0.15, 0.2) is 5.10 Å². The van der Waals surface area contributed by atoms with Gasteiger partial charge in [0, 0.05) is 26.1 Å². The van der Waals surface area contributed by atoms with E-state index in [2.05, 4.69) is 15.8 Å². The van der Waals surface area contributed by atoms with Crippen LogP contribution in [0.2, 0.25) is 0 Å². The summed E-state index contributed by atoms with van der Waals surface area (Å²) in [5.74, 6) is -0.605. The lowest BCUT2D eigenvalue weighted by Gasteiger charge is -2.14. The molecule has 98 valence electrons. The highest BCUT2D eigenvalue weighted by atomic mass is 16.2. The van der Waals surface area contributed by atoms with Crippen molar-refractivity contribution < 1.29 is 14.4 Å². The number of carbonyl (C=O) groups excluding carboxylic acids is 3. The average molecular weight is 252 g/mol. The maximum Gasteiger partial charge on any atom is 0.268 e. The SMILES string of the molecule is O=C1CC(C(=O)NCCC(=O)N2CCCC2)=NN1. The molecule has 2 aliphatic heterocycles. The van der Waals surface area contributed by atoms with Crippen LogP contribution in [0.3, 0.4) is 0 Å². The molecule has 0 aliphatic carbocycles. The first-order valence-electron chi connectivity index (χ1n) is 6.08. The largest absolute Gasteiger partial charge is 0.350 e. The molecule has 2 aliphatic rings. The van der Waals surface area contributed by atoms with Gasteiger partial charge in [0.15, 0.2) is 0 Å². The van der Waals surface area contributed by atoms with Crippen LogP contribution in [0, 0.1) is 0 Å². The molecule has 0 aromatic heterocycles. The van der Waals surface area contributed by atoms with Gasteiger partial charge in [-0.1, -0.05) is 0 Å². The zero-order valence-corrected chi connectivity index (χ0v) is 10.1. The molecule has 0 radical (unpaired) electrons. The Balaban J connectivity index is 1.67. The highest BCUT2D eigenvalue weighted by molar-refractivity contribution is 6.43. The highest BCUT2D eigenvalue weighted by Crippen LogP contribution is 2.08. The summed E-state index contributed by atoms with van der Waals surface area (Å²) in [7, 11) is 0. The summed E-state index contributed by atoms with van der Waals surface area (Å²) in [4.78, 5) is 35.9. The quantitative estimate of drug-likeness (QED) is 0.671. The van der Waals surface area contributed by atoms with Crippen molar-refractivity contribution in [3.63, 3.8) is 0 Å². The minimum atomic E-state index is -0.387. The lowest BCUT2D eigenvalue weighted by Crippen LogP contribution is -2.35. The normalized spacial score (nSPS) is 18.6. The molecule has 18 heavy (non-hydrogen) atoms. The minimum Gasteiger partial charge on any atom is -0.350 e. The predicted molar refractivity (Wildman–Crippen MR) is 63.6 cm³/mol. The van der Waals surface area contributed by atoms with Gasteiger partial charge in [-0.25, -0.2) is 5.43 Å². The highest BCUT2D eigenvalue weighted by Gasteiger charge is 2.22. The van der Waals surface area contributed by atoms with Crippen molar-refractivity contribution in [1.29, 1.82) is 0 Å². The Labute approximate surface area is 105 Å². The second kappa shape index (κ2) is 5.61. The minimum absolute atomic E-state index is 0.00586. The summed E-state index contributed by atoms with van der Waals surface area (Å²) in [6.45, 7) is 1.91. The summed E-state index contributed by atoms with van der Waals surface area (Å²) in [6, 6.07) is 0. The Morgan fingerprint density at radius 1 is 1.33 bits per heavy atom. The molecule has 2 rings (SSSR count). The van der Waals surface area contributed by atoms with E-state index in [0.29, 0.717) is 6.42 Å². The Morgan fingerprint density at radius 3 is 2.67 bits per heavy atom. The molecule has 1 saturated heterocycles. The Kier molecular flexibility index (Phi) is 3.91.